The van der Waals surface area contributed by atoms with E-state index >= 15 is 0 Å². The Balaban J connectivity index is 2.16. The van der Waals surface area contributed by atoms with E-state index in [4.69, 9.17) is 22.1 Å². The SMILES string of the molecule is CC(C)(C)OC(=O)NCCCCC(N)C(=O)NCc1cccc(Cl)c1. The molecule has 2 amide bonds. The molecule has 0 aromatic heterocycles. The van der Waals surface area contributed by atoms with Gasteiger partial charge in [-0.1, -0.05) is 23.7 Å². The van der Waals surface area contributed by atoms with Crippen LogP contribution in [0.1, 0.15) is 45.6 Å². The zero-order valence-corrected chi connectivity index (χ0v) is 15.9. The van der Waals surface area contributed by atoms with Crippen molar-refractivity contribution in [2.45, 2.75) is 58.2 Å². The van der Waals surface area contributed by atoms with Gasteiger partial charge in [-0.05, 0) is 57.7 Å². The lowest BCUT2D eigenvalue weighted by molar-refractivity contribution is -0.122. The molecule has 1 rings (SSSR count). The van der Waals surface area contributed by atoms with Gasteiger partial charge in [-0.2, -0.15) is 0 Å². The van der Waals surface area contributed by atoms with Gasteiger partial charge in [0.05, 0.1) is 6.04 Å². The summed E-state index contributed by atoms with van der Waals surface area (Å²) in [5.41, 5.74) is 6.31. The summed E-state index contributed by atoms with van der Waals surface area (Å²) in [4.78, 5) is 23.4. The number of hydrogen-bond donors (Lipinski definition) is 3. The maximum Gasteiger partial charge on any atom is 0.407 e. The number of benzene rings is 1. The predicted molar refractivity (Wildman–Crippen MR) is 99.4 cm³/mol. The van der Waals surface area contributed by atoms with Crippen molar-refractivity contribution in [1.82, 2.24) is 10.6 Å². The number of nitrogens with two attached hydrogens (primary N) is 1. The third-order valence-electron chi connectivity index (χ3n) is 3.30. The van der Waals surface area contributed by atoms with Crippen molar-refractivity contribution in [3.8, 4) is 0 Å². The summed E-state index contributed by atoms with van der Waals surface area (Å²) in [6.07, 6.45) is 1.59. The fourth-order valence-corrected chi connectivity index (χ4v) is 2.31. The third-order valence-corrected chi connectivity index (χ3v) is 3.54. The highest BCUT2D eigenvalue weighted by atomic mass is 35.5. The standard InChI is InChI=1S/C18H28ClN3O3/c1-18(2,3)25-17(24)21-10-5-4-9-15(20)16(23)22-12-13-7-6-8-14(19)11-13/h6-8,11,15H,4-5,9-10,12,20H2,1-3H3,(H,21,24)(H,22,23). The minimum Gasteiger partial charge on any atom is -0.444 e. The van der Waals surface area contributed by atoms with Crippen molar-refractivity contribution in [2.24, 2.45) is 5.73 Å². The third kappa shape index (κ3) is 9.94. The van der Waals surface area contributed by atoms with Crippen LogP contribution in [0.25, 0.3) is 0 Å². The zero-order valence-electron chi connectivity index (χ0n) is 15.1. The average Bonchev–Trinajstić information content (AvgIpc) is 2.50. The molecule has 0 aliphatic rings. The number of hydrogen-bond acceptors (Lipinski definition) is 4. The van der Waals surface area contributed by atoms with Gasteiger partial charge >= 0.3 is 6.09 Å². The van der Waals surface area contributed by atoms with E-state index in [1.165, 1.54) is 0 Å². The van der Waals surface area contributed by atoms with E-state index in [1.807, 2.05) is 32.9 Å². The number of halogens is 1. The highest BCUT2D eigenvalue weighted by Crippen LogP contribution is 2.10. The fraction of sp³-hybridized carbons (Fsp3) is 0.556. The van der Waals surface area contributed by atoms with E-state index in [2.05, 4.69) is 10.6 Å². The molecular weight excluding hydrogens is 342 g/mol. The molecule has 0 spiro atoms. The number of ether oxygens (including phenoxy) is 1. The topological polar surface area (TPSA) is 93.4 Å². The monoisotopic (exact) mass is 369 g/mol. The molecule has 1 unspecified atom stereocenters. The van der Waals surface area contributed by atoms with Crippen molar-refractivity contribution >= 4 is 23.6 Å². The summed E-state index contributed by atoms with van der Waals surface area (Å²) in [5, 5.41) is 6.11. The normalized spacial score (nSPS) is 12.4. The fourth-order valence-electron chi connectivity index (χ4n) is 2.09. The summed E-state index contributed by atoms with van der Waals surface area (Å²) < 4.78 is 5.14. The van der Waals surface area contributed by atoms with E-state index in [9.17, 15) is 9.59 Å². The predicted octanol–water partition coefficient (Wildman–Crippen LogP) is 2.98. The molecule has 1 atom stereocenters. The van der Waals surface area contributed by atoms with Crippen LogP contribution in [-0.2, 0) is 16.1 Å². The van der Waals surface area contributed by atoms with E-state index in [0.29, 0.717) is 24.5 Å². The lowest BCUT2D eigenvalue weighted by atomic mass is 10.1. The summed E-state index contributed by atoms with van der Waals surface area (Å²) >= 11 is 5.90. The van der Waals surface area contributed by atoms with Gasteiger partial charge in [0.15, 0.2) is 0 Å². The van der Waals surface area contributed by atoms with Crippen LogP contribution >= 0.6 is 11.6 Å². The quantitative estimate of drug-likeness (QED) is 0.614. The first-order valence-electron chi connectivity index (χ1n) is 8.42. The van der Waals surface area contributed by atoms with E-state index in [1.54, 1.807) is 12.1 Å². The summed E-state index contributed by atoms with van der Waals surface area (Å²) in [6, 6.07) is 6.74. The van der Waals surface area contributed by atoms with Crippen LogP contribution in [0.5, 0.6) is 0 Å². The van der Waals surface area contributed by atoms with Crippen LogP contribution in [0.15, 0.2) is 24.3 Å². The zero-order chi connectivity index (χ0) is 18.9. The smallest absolute Gasteiger partial charge is 0.407 e. The maximum atomic E-state index is 12.0. The largest absolute Gasteiger partial charge is 0.444 e. The van der Waals surface area contributed by atoms with Crippen LogP contribution < -0.4 is 16.4 Å². The summed E-state index contributed by atoms with van der Waals surface area (Å²) in [6.45, 7) is 6.33. The lowest BCUT2D eigenvalue weighted by Crippen LogP contribution is -2.40. The minimum atomic E-state index is -0.569. The minimum absolute atomic E-state index is 0.194. The number of amides is 2. The van der Waals surface area contributed by atoms with Crippen molar-refractivity contribution in [3.05, 3.63) is 34.9 Å². The first kappa shape index (κ1) is 21.3. The highest BCUT2D eigenvalue weighted by molar-refractivity contribution is 6.30. The molecule has 25 heavy (non-hydrogen) atoms. The Morgan fingerprint density at radius 2 is 1.96 bits per heavy atom. The van der Waals surface area contributed by atoms with Crippen LogP contribution in [-0.4, -0.2) is 30.2 Å². The highest BCUT2D eigenvalue weighted by Gasteiger charge is 2.16. The first-order chi connectivity index (χ1) is 11.7. The number of unbranched alkanes of at least 4 members (excludes halogenated alkanes) is 1. The molecule has 7 heteroatoms. The van der Waals surface area contributed by atoms with Crippen molar-refractivity contribution in [2.75, 3.05) is 6.54 Å². The van der Waals surface area contributed by atoms with Gasteiger partial charge in [-0.3, -0.25) is 4.79 Å². The summed E-state index contributed by atoms with van der Waals surface area (Å²) in [7, 11) is 0. The average molecular weight is 370 g/mol. The Bertz CT molecular complexity index is 573. The molecule has 0 bridgehead atoms. The number of carbonyl (C=O) groups excluding carboxylic acids is 2. The molecule has 0 fully saturated rings. The Morgan fingerprint density at radius 1 is 1.24 bits per heavy atom. The molecule has 0 heterocycles. The van der Waals surface area contributed by atoms with Crippen LogP contribution in [0.2, 0.25) is 5.02 Å². The van der Waals surface area contributed by atoms with Gasteiger partial charge in [0.1, 0.15) is 5.60 Å². The molecule has 0 radical (unpaired) electrons. The van der Waals surface area contributed by atoms with Crippen LogP contribution in [0, 0.1) is 0 Å². The van der Waals surface area contributed by atoms with E-state index in [-0.39, 0.29) is 5.91 Å². The number of rotatable bonds is 8. The molecule has 4 N–H and O–H groups in total. The second-order valence-electron chi connectivity index (χ2n) is 6.88. The number of nitrogens with one attached hydrogen (secondary N) is 2. The second-order valence-corrected chi connectivity index (χ2v) is 7.32. The molecule has 0 saturated carbocycles. The molecule has 1 aromatic carbocycles. The van der Waals surface area contributed by atoms with E-state index < -0.39 is 17.7 Å². The molecule has 0 aliphatic heterocycles. The number of alkyl carbamates (subject to hydrolysis) is 1. The Kier molecular flexibility index (Phi) is 8.72. The molecule has 0 aliphatic carbocycles. The summed E-state index contributed by atoms with van der Waals surface area (Å²) in [5.74, 6) is -0.194. The Labute approximate surface area is 154 Å². The Morgan fingerprint density at radius 3 is 2.60 bits per heavy atom. The number of carbonyl (C=O) groups is 2. The second kappa shape index (κ2) is 10.3. The Hall–Kier alpha value is -1.79. The van der Waals surface area contributed by atoms with E-state index in [0.717, 1.165) is 18.4 Å². The van der Waals surface area contributed by atoms with Crippen LogP contribution in [0.4, 0.5) is 4.79 Å². The van der Waals surface area contributed by atoms with Crippen molar-refractivity contribution in [3.63, 3.8) is 0 Å². The first-order valence-corrected chi connectivity index (χ1v) is 8.80. The van der Waals surface area contributed by atoms with Gasteiger partial charge in [-0.25, -0.2) is 4.79 Å². The molecule has 6 nitrogen and oxygen atoms in total. The molecular formula is C18H28ClN3O3. The molecule has 140 valence electrons. The van der Waals surface area contributed by atoms with Gasteiger partial charge in [0.2, 0.25) is 5.91 Å². The van der Waals surface area contributed by atoms with Crippen LogP contribution in [0.3, 0.4) is 0 Å². The van der Waals surface area contributed by atoms with Crippen molar-refractivity contribution < 1.29 is 14.3 Å². The maximum absolute atomic E-state index is 12.0. The van der Waals surface area contributed by atoms with Gasteiger partial charge in [0, 0.05) is 18.1 Å². The van der Waals surface area contributed by atoms with Gasteiger partial charge in [0.25, 0.3) is 0 Å². The van der Waals surface area contributed by atoms with Crippen molar-refractivity contribution in [1.29, 1.82) is 0 Å². The van der Waals surface area contributed by atoms with Gasteiger partial charge in [-0.15, -0.1) is 0 Å². The molecule has 1 aromatic rings. The lowest BCUT2D eigenvalue weighted by Gasteiger charge is -2.19. The van der Waals surface area contributed by atoms with Gasteiger partial charge < -0.3 is 21.1 Å². The molecule has 0 saturated heterocycles.